The molecule has 3 rings (SSSR count). The van der Waals surface area contributed by atoms with Crippen molar-refractivity contribution >= 4 is 46.2 Å². The Morgan fingerprint density at radius 1 is 0.793 bits per heavy atom. The van der Waals surface area contributed by atoms with Crippen molar-refractivity contribution in [2.75, 3.05) is 12.2 Å². The molecule has 0 radical (unpaired) electrons. The van der Waals surface area contributed by atoms with Gasteiger partial charge in [0.25, 0.3) is 0 Å². The molecular formula is C23H20Cl2NO2P. The first-order valence-corrected chi connectivity index (χ1v) is 11.5. The number of rotatable bonds is 7. The Labute approximate surface area is 181 Å². The van der Waals surface area contributed by atoms with Gasteiger partial charge in [-0.05, 0) is 35.4 Å². The van der Waals surface area contributed by atoms with E-state index in [1.807, 2.05) is 60.7 Å². The number of hydrogen-bond acceptors (Lipinski definition) is 2. The molecular weight excluding hydrogens is 424 g/mol. The molecule has 148 valence electrons. The third-order valence-corrected chi connectivity index (χ3v) is 6.95. The van der Waals surface area contributed by atoms with Crippen molar-refractivity contribution in [2.24, 2.45) is 0 Å². The van der Waals surface area contributed by atoms with E-state index in [9.17, 15) is 4.57 Å². The predicted molar refractivity (Wildman–Crippen MR) is 125 cm³/mol. The lowest BCUT2D eigenvalue weighted by Gasteiger charge is -2.16. The Hall–Kier alpha value is -2.45. The van der Waals surface area contributed by atoms with Crippen molar-refractivity contribution in [3.8, 4) is 5.75 Å². The van der Waals surface area contributed by atoms with Gasteiger partial charge >= 0.3 is 0 Å². The fourth-order valence-corrected chi connectivity index (χ4v) is 5.50. The van der Waals surface area contributed by atoms with Crippen molar-refractivity contribution in [1.29, 1.82) is 0 Å². The van der Waals surface area contributed by atoms with Crippen LogP contribution in [0.15, 0.2) is 96.6 Å². The van der Waals surface area contributed by atoms with Crippen LogP contribution in [0.2, 0.25) is 0 Å². The zero-order valence-corrected chi connectivity index (χ0v) is 18.2. The number of anilines is 1. The van der Waals surface area contributed by atoms with Gasteiger partial charge in [0.15, 0.2) is 0 Å². The number of hydrogen-bond donors (Lipinski definition) is 1. The number of ether oxygens (including phenoxy) is 1. The van der Waals surface area contributed by atoms with Crippen LogP contribution in [0.5, 0.6) is 5.75 Å². The molecule has 0 aliphatic rings. The molecule has 3 nitrogen and oxygen atoms in total. The Balaban J connectivity index is 2.01. The summed E-state index contributed by atoms with van der Waals surface area (Å²) in [5.74, 6) is 3.76. The SMILES string of the molecule is COc1ccc(NP(=O)(/C=C(\Cl)c2ccccc2)/C=C(\Cl)c2ccccc2)cc1. The highest BCUT2D eigenvalue weighted by molar-refractivity contribution is 7.72. The molecule has 0 unspecified atom stereocenters. The van der Waals surface area contributed by atoms with Crippen LogP contribution in [-0.4, -0.2) is 7.11 Å². The smallest absolute Gasteiger partial charge is 0.216 e. The van der Waals surface area contributed by atoms with Crippen LogP contribution in [0, 0.1) is 0 Å². The molecule has 6 heteroatoms. The van der Waals surface area contributed by atoms with E-state index in [0.717, 1.165) is 11.1 Å². The van der Waals surface area contributed by atoms with Crippen molar-refractivity contribution in [3.05, 3.63) is 108 Å². The lowest BCUT2D eigenvalue weighted by atomic mass is 10.2. The molecule has 3 aromatic rings. The third kappa shape index (κ3) is 6.01. The van der Waals surface area contributed by atoms with E-state index in [1.165, 1.54) is 11.6 Å². The van der Waals surface area contributed by atoms with Gasteiger partial charge in [-0.1, -0.05) is 83.9 Å². The van der Waals surface area contributed by atoms with Crippen molar-refractivity contribution in [1.82, 2.24) is 0 Å². The first kappa shape index (κ1) is 21.3. The minimum atomic E-state index is -3.29. The van der Waals surface area contributed by atoms with Gasteiger partial charge in [-0.25, -0.2) is 0 Å². The van der Waals surface area contributed by atoms with Crippen LogP contribution in [-0.2, 0) is 4.57 Å². The molecule has 0 heterocycles. The number of benzene rings is 3. The van der Waals surface area contributed by atoms with Crippen LogP contribution in [0.1, 0.15) is 11.1 Å². The van der Waals surface area contributed by atoms with Crippen LogP contribution < -0.4 is 9.82 Å². The van der Waals surface area contributed by atoms with E-state index in [1.54, 1.807) is 31.4 Å². The maximum atomic E-state index is 13.8. The van der Waals surface area contributed by atoms with Gasteiger partial charge in [-0.3, -0.25) is 4.57 Å². The molecule has 0 saturated heterocycles. The zero-order chi connectivity index (χ0) is 20.7. The maximum absolute atomic E-state index is 13.8. The zero-order valence-electron chi connectivity index (χ0n) is 15.8. The van der Waals surface area contributed by atoms with Gasteiger partial charge in [0, 0.05) is 17.3 Å². The van der Waals surface area contributed by atoms with Crippen molar-refractivity contribution in [3.63, 3.8) is 0 Å². The topological polar surface area (TPSA) is 38.3 Å². The summed E-state index contributed by atoms with van der Waals surface area (Å²) in [6, 6.07) is 25.9. The molecule has 0 spiro atoms. The summed E-state index contributed by atoms with van der Waals surface area (Å²) in [5.41, 5.74) is 2.21. The summed E-state index contributed by atoms with van der Waals surface area (Å²) in [5, 5.41) is 3.84. The average Bonchev–Trinajstić information content (AvgIpc) is 2.75. The van der Waals surface area contributed by atoms with E-state index >= 15 is 0 Å². The third-order valence-electron chi connectivity index (χ3n) is 4.10. The van der Waals surface area contributed by atoms with E-state index in [-0.39, 0.29) is 0 Å². The highest BCUT2D eigenvalue weighted by atomic mass is 35.5. The Bertz CT molecular complexity index is 990. The summed E-state index contributed by atoms with van der Waals surface area (Å²) >= 11 is 13.0. The summed E-state index contributed by atoms with van der Waals surface area (Å²) < 4.78 is 19.0. The van der Waals surface area contributed by atoms with Crippen LogP contribution in [0.4, 0.5) is 5.69 Å². The second-order valence-electron chi connectivity index (χ2n) is 6.24. The molecule has 0 amide bonds. The fourth-order valence-electron chi connectivity index (χ4n) is 2.65. The number of halogens is 2. The monoisotopic (exact) mass is 443 g/mol. The van der Waals surface area contributed by atoms with Gasteiger partial charge in [0.1, 0.15) is 5.75 Å². The Morgan fingerprint density at radius 3 is 1.66 bits per heavy atom. The molecule has 3 aromatic carbocycles. The lowest BCUT2D eigenvalue weighted by molar-refractivity contribution is 0.415. The van der Waals surface area contributed by atoms with Crippen LogP contribution in [0.25, 0.3) is 10.1 Å². The Kier molecular flexibility index (Phi) is 7.22. The largest absolute Gasteiger partial charge is 0.497 e. The second kappa shape index (κ2) is 9.84. The highest BCUT2D eigenvalue weighted by Crippen LogP contribution is 2.53. The molecule has 29 heavy (non-hydrogen) atoms. The molecule has 0 aliphatic heterocycles. The second-order valence-corrected chi connectivity index (χ2v) is 9.21. The normalized spacial score (nSPS) is 12.5. The first-order chi connectivity index (χ1) is 14.0. The summed E-state index contributed by atoms with van der Waals surface area (Å²) in [6.07, 6.45) is 0. The van der Waals surface area contributed by atoms with E-state index < -0.39 is 7.29 Å². The number of nitrogens with one attached hydrogen (secondary N) is 1. The van der Waals surface area contributed by atoms with Crippen LogP contribution in [0.3, 0.4) is 0 Å². The van der Waals surface area contributed by atoms with Gasteiger partial charge < -0.3 is 9.82 Å². The van der Waals surface area contributed by atoms with E-state index in [4.69, 9.17) is 27.9 Å². The van der Waals surface area contributed by atoms with E-state index in [2.05, 4.69) is 5.09 Å². The molecule has 0 aliphatic carbocycles. The standard InChI is InChI=1S/C23H20Cl2NO2P/c1-28-21-14-12-20(13-15-21)26-29(27,16-22(24)18-8-4-2-5-9-18)17-23(25)19-10-6-3-7-11-19/h2-17H,1H3,(H,26,27)/b22-16-,23-17-. The summed E-state index contributed by atoms with van der Waals surface area (Å²) in [4.78, 5) is 0. The molecule has 0 fully saturated rings. The predicted octanol–water partition coefficient (Wildman–Crippen LogP) is 7.86. The fraction of sp³-hybridized carbons (Fsp3) is 0.0435. The summed E-state index contributed by atoms with van der Waals surface area (Å²) in [6.45, 7) is 0. The number of methoxy groups -OCH3 is 1. The minimum absolute atomic E-state index is 0.378. The maximum Gasteiger partial charge on any atom is 0.216 e. The summed E-state index contributed by atoms with van der Waals surface area (Å²) in [7, 11) is -1.69. The van der Waals surface area contributed by atoms with Gasteiger partial charge in [-0.15, -0.1) is 0 Å². The quantitative estimate of drug-likeness (QED) is 0.377. The van der Waals surface area contributed by atoms with Gasteiger partial charge in [-0.2, -0.15) is 0 Å². The van der Waals surface area contributed by atoms with Gasteiger partial charge in [0.2, 0.25) is 7.29 Å². The molecule has 0 bridgehead atoms. The van der Waals surface area contributed by atoms with Crippen LogP contribution >= 0.6 is 30.5 Å². The minimum Gasteiger partial charge on any atom is -0.497 e. The first-order valence-electron chi connectivity index (χ1n) is 8.88. The Morgan fingerprint density at radius 2 is 1.24 bits per heavy atom. The van der Waals surface area contributed by atoms with Crippen molar-refractivity contribution < 1.29 is 9.30 Å². The molecule has 1 N–H and O–H groups in total. The van der Waals surface area contributed by atoms with Gasteiger partial charge in [0.05, 0.1) is 17.2 Å². The lowest BCUT2D eigenvalue weighted by Crippen LogP contribution is -1.94. The van der Waals surface area contributed by atoms with E-state index in [0.29, 0.717) is 21.5 Å². The molecule has 0 aromatic heterocycles. The molecule has 0 saturated carbocycles. The highest BCUT2D eigenvalue weighted by Gasteiger charge is 2.19. The van der Waals surface area contributed by atoms with Crippen molar-refractivity contribution in [2.45, 2.75) is 0 Å². The average molecular weight is 444 g/mol. The molecule has 0 atom stereocenters.